The maximum Gasteiger partial charge on any atom is 0.338 e. The molecule has 0 fully saturated rings. The van der Waals surface area contributed by atoms with Gasteiger partial charge in [0, 0.05) is 12.0 Å². The minimum atomic E-state index is -0.498. The van der Waals surface area contributed by atoms with E-state index in [0.29, 0.717) is 30.6 Å². The van der Waals surface area contributed by atoms with Crippen molar-refractivity contribution >= 4 is 23.3 Å². The second-order valence-electron chi connectivity index (χ2n) is 6.04. The molecule has 0 N–H and O–H groups in total. The highest BCUT2D eigenvalue weighted by Crippen LogP contribution is 2.44. The Morgan fingerprint density at radius 1 is 1.21 bits per heavy atom. The smallest absolute Gasteiger partial charge is 0.338 e. The van der Waals surface area contributed by atoms with Gasteiger partial charge in [0.15, 0.2) is 5.78 Å². The van der Waals surface area contributed by atoms with Crippen LogP contribution >= 0.6 is 0 Å². The van der Waals surface area contributed by atoms with Crippen molar-refractivity contribution in [2.75, 3.05) is 13.7 Å². The number of benzene rings is 1. The zero-order valence-corrected chi connectivity index (χ0v) is 13.9. The summed E-state index contributed by atoms with van der Waals surface area (Å²) in [5, 5.41) is 0. The Balaban J connectivity index is 2.13. The maximum absolute atomic E-state index is 12.3. The summed E-state index contributed by atoms with van der Waals surface area (Å²) in [6.07, 6.45) is 2.48. The Kier molecular flexibility index (Phi) is 4.51. The Bertz CT molecular complexity index is 744. The Hall–Kier alpha value is -2.43. The van der Waals surface area contributed by atoms with Crippen LogP contribution in [0.25, 0.3) is 5.57 Å². The number of fused-ring (bicyclic) bond motifs is 2. The van der Waals surface area contributed by atoms with Crippen LogP contribution < -0.4 is 0 Å². The van der Waals surface area contributed by atoms with E-state index in [-0.39, 0.29) is 11.8 Å². The van der Waals surface area contributed by atoms with Gasteiger partial charge in [-0.2, -0.15) is 0 Å². The van der Waals surface area contributed by atoms with Crippen LogP contribution in [0, 0.1) is 0 Å². The Labute approximate surface area is 140 Å². The van der Waals surface area contributed by atoms with Gasteiger partial charge in [-0.25, -0.2) is 4.79 Å². The van der Waals surface area contributed by atoms with E-state index in [1.54, 1.807) is 25.1 Å². The highest BCUT2D eigenvalue weighted by molar-refractivity contribution is 6.07. The molecule has 1 atom stereocenters. The fraction of sp³-hybridized carbons (Fsp3) is 0.421. The van der Waals surface area contributed by atoms with Gasteiger partial charge in [0.25, 0.3) is 0 Å². The normalized spacial score (nSPS) is 19.4. The third-order valence-electron chi connectivity index (χ3n) is 4.69. The van der Waals surface area contributed by atoms with Crippen LogP contribution in [0.5, 0.6) is 0 Å². The largest absolute Gasteiger partial charge is 0.469 e. The van der Waals surface area contributed by atoms with E-state index in [4.69, 9.17) is 9.47 Å². The zero-order valence-electron chi connectivity index (χ0n) is 13.9. The monoisotopic (exact) mass is 328 g/mol. The first-order valence-corrected chi connectivity index (χ1v) is 8.21. The molecule has 5 nitrogen and oxygen atoms in total. The molecule has 1 unspecified atom stereocenters. The number of hydrogen-bond donors (Lipinski definition) is 0. The second kappa shape index (κ2) is 6.59. The first-order valence-electron chi connectivity index (χ1n) is 8.21. The lowest BCUT2D eigenvalue weighted by Gasteiger charge is -2.31. The van der Waals surface area contributed by atoms with E-state index >= 15 is 0 Å². The van der Waals surface area contributed by atoms with Crippen LogP contribution in [-0.2, 0) is 19.1 Å². The van der Waals surface area contributed by atoms with Crippen LogP contribution in [-0.4, -0.2) is 31.4 Å². The SMILES string of the molecule is CCOC(=O)c1ccc2c(c1)C1=C(CC2C(=O)OC)C(=O)CCC1. The van der Waals surface area contributed by atoms with Gasteiger partial charge in [0.05, 0.1) is 25.2 Å². The minimum Gasteiger partial charge on any atom is -0.469 e. The van der Waals surface area contributed by atoms with Gasteiger partial charge < -0.3 is 9.47 Å². The summed E-state index contributed by atoms with van der Waals surface area (Å²) >= 11 is 0. The van der Waals surface area contributed by atoms with Gasteiger partial charge in [-0.05, 0) is 55.0 Å². The highest BCUT2D eigenvalue weighted by Gasteiger charge is 2.36. The molecule has 0 aliphatic heterocycles. The predicted molar refractivity (Wildman–Crippen MR) is 87.6 cm³/mol. The molecule has 2 aliphatic rings. The lowest BCUT2D eigenvalue weighted by atomic mass is 9.73. The number of allylic oxidation sites excluding steroid dienone is 2. The first-order chi connectivity index (χ1) is 11.6. The highest BCUT2D eigenvalue weighted by atomic mass is 16.5. The topological polar surface area (TPSA) is 69.7 Å². The third kappa shape index (κ3) is 2.75. The summed E-state index contributed by atoms with van der Waals surface area (Å²) in [7, 11) is 1.35. The van der Waals surface area contributed by atoms with Crippen molar-refractivity contribution in [1.82, 2.24) is 0 Å². The number of hydrogen-bond acceptors (Lipinski definition) is 5. The Morgan fingerprint density at radius 2 is 2.00 bits per heavy atom. The van der Waals surface area contributed by atoms with E-state index in [0.717, 1.165) is 29.5 Å². The van der Waals surface area contributed by atoms with E-state index in [1.807, 2.05) is 0 Å². The third-order valence-corrected chi connectivity index (χ3v) is 4.69. The standard InChI is InChI=1S/C19H20O5/c1-3-24-18(21)11-7-8-13-14(9-11)12-5-4-6-17(20)15(12)10-16(13)19(22)23-2/h7-9,16H,3-6,10H2,1-2H3. The fourth-order valence-electron chi connectivity index (χ4n) is 3.56. The average molecular weight is 328 g/mol. The summed E-state index contributed by atoms with van der Waals surface area (Å²) in [5.41, 5.74) is 3.75. The van der Waals surface area contributed by atoms with Gasteiger partial charge in [-0.3, -0.25) is 9.59 Å². The van der Waals surface area contributed by atoms with E-state index in [9.17, 15) is 14.4 Å². The zero-order chi connectivity index (χ0) is 17.3. The molecular formula is C19H20O5. The number of esters is 2. The molecule has 1 aromatic carbocycles. The molecule has 126 valence electrons. The number of ketones is 1. The second-order valence-corrected chi connectivity index (χ2v) is 6.04. The average Bonchev–Trinajstić information content (AvgIpc) is 2.60. The molecule has 0 radical (unpaired) electrons. The lowest BCUT2D eigenvalue weighted by molar-refractivity contribution is -0.142. The molecule has 0 saturated carbocycles. The van der Waals surface area contributed by atoms with Gasteiger partial charge in [0.1, 0.15) is 0 Å². The molecular weight excluding hydrogens is 308 g/mol. The van der Waals surface area contributed by atoms with Gasteiger partial charge in [-0.1, -0.05) is 6.07 Å². The van der Waals surface area contributed by atoms with Crippen LogP contribution in [0.4, 0.5) is 0 Å². The van der Waals surface area contributed by atoms with Crippen molar-refractivity contribution < 1.29 is 23.9 Å². The van der Waals surface area contributed by atoms with Crippen molar-refractivity contribution in [3.05, 3.63) is 40.5 Å². The van der Waals surface area contributed by atoms with Gasteiger partial charge >= 0.3 is 11.9 Å². The molecule has 0 aromatic heterocycles. The number of ether oxygens (including phenoxy) is 2. The summed E-state index contributed by atoms with van der Waals surface area (Å²) in [6, 6.07) is 5.20. The van der Waals surface area contributed by atoms with Crippen molar-refractivity contribution in [2.24, 2.45) is 0 Å². The van der Waals surface area contributed by atoms with Crippen LogP contribution in [0.15, 0.2) is 23.8 Å². The molecule has 5 heteroatoms. The Morgan fingerprint density at radius 3 is 2.71 bits per heavy atom. The van der Waals surface area contributed by atoms with Crippen molar-refractivity contribution in [1.29, 1.82) is 0 Å². The number of Topliss-reactive ketones (excluding diaryl/α,β-unsaturated/α-hetero) is 1. The molecule has 0 saturated heterocycles. The first kappa shape index (κ1) is 16.4. The summed E-state index contributed by atoms with van der Waals surface area (Å²) in [5.74, 6) is -1.16. The molecule has 0 spiro atoms. The quantitative estimate of drug-likeness (QED) is 0.798. The van der Waals surface area contributed by atoms with E-state index in [2.05, 4.69) is 0 Å². The summed E-state index contributed by atoms with van der Waals surface area (Å²) in [4.78, 5) is 36.5. The maximum atomic E-state index is 12.3. The molecule has 24 heavy (non-hydrogen) atoms. The van der Waals surface area contributed by atoms with Crippen LogP contribution in [0.3, 0.4) is 0 Å². The molecule has 0 amide bonds. The molecule has 3 rings (SSSR count). The fourth-order valence-corrected chi connectivity index (χ4v) is 3.56. The predicted octanol–water partition coefficient (Wildman–Crippen LogP) is 3.03. The van der Waals surface area contributed by atoms with E-state index < -0.39 is 11.9 Å². The molecule has 1 aromatic rings. The number of rotatable bonds is 3. The molecule has 0 heterocycles. The van der Waals surface area contributed by atoms with Crippen molar-refractivity contribution in [2.45, 2.75) is 38.5 Å². The summed E-state index contributed by atoms with van der Waals surface area (Å²) in [6.45, 7) is 2.05. The van der Waals surface area contributed by atoms with E-state index in [1.165, 1.54) is 7.11 Å². The summed E-state index contributed by atoms with van der Waals surface area (Å²) < 4.78 is 9.97. The number of carbonyl (C=O) groups is 3. The van der Waals surface area contributed by atoms with Crippen molar-refractivity contribution in [3.8, 4) is 0 Å². The molecule has 2 aliphatic carbocycles. The number of carbonyl (C=O) groups excluding carboxylic acids is 3. The van der Waals surface area contributed by atoms with Gasteiger partial charge in [-0.15, -0.1) is 0 Å². The minimum absolute atomic E-state index is 0.0948. The lowest BCUT2D eigenvalue weighted by Crippen LogP contribution is -2.25. The van der Waals surface area contributed by atoms with Crippen molar-refractivity contribution in [3.63, 3.8) is 0 Å². The van der Waals surface area contributed by atoms with Crippen LogP contribution in [0.1, 0.15) is 60.0 Å². The number of methoxy groups -OCH3 is 1. The molecule has 0 bridgehead atoms. The van der Waals surface area contributed by atoms with Gasteiger partial charge in [0.2, 0.25) is 0 Å². The van der Waals surface area contributed by atoms with Crippen LogP contribution in [0.2, 0.25) is 0 Å².